The van der Waals surface area contributed by atoms with Crippen molar-refractivity contribution in [3.63, 3.8) is 0 Å². The molecule has 2 atom stereocenters. The maximum atomic E-state index is 5.72. The van der Waals surface area contributed by atoms with Crippen molar-refractivity contribution in [3.8, 4) is 0 Å². The van der Waals surface area contributed by atoms with Crippen molar-refractivity contribution in [3.05, 3.63) is 0 Å². The second-order valence-corrected chi connectivity index (χ2v) is 4.76. The molecule has 4 nitrogen and oxygen atoms in total. The Morgan fingerprint density at radius 1 is 1.47 bits per heavy atom. The van der Waals surface area contributed by atoms with Gasteiger partial charge in [-0.2, -0.15) is 0 Å². The number of piperidine rings is 1. The van der Waals surface area contributed by atoms with E-state index in [1.807, 2.05) is 0 Å². The molecule has 1 N–H and O–H groups in total. The van der Waals surface area contributed by atoms with Crippen LogP contribution < -0.4 is 5.32 Å². The molecule has 0 spiro atoms. The van der Waals surface area contributed by atoms with E-state index in [1.165, 1.54) is 19.4 Å². The van der Waals surface area contributed by atoms with Gasteiger partial charge in [0.15, 0.2) is 0 Å². The third-order valence-electron chi connectivity index (χ3n) is 3.36. The molecule has 0 aliphatic carbocycles. The molecule has 0 aromatic rings. The SMILES string of the molecule is CCOC1CCCN(C(C)CNCCOC)C1. The molecule has 1 aliphatic heterocycles. The third kappa shape index (κ3) is 5.82. The first-order chi connectivity index (χ1) is 8.27. The minimum Gasteiger partial charge on any atom is -0.383 e. The molecule has 0 radical (unpaired) electrons. The normalized spacial score (nSPS) is 23.8. The number of likely N-dealkylation sites (tertiary alicyclic amines) is 1. The maximum Gasteiger partial charge on any atom is 0.0702 e. The van der Waals surface area contributed by atoms with Gasteiger partial charge < -0.3 is 14.8 Å². The number of ether oxygens (including phenoxy) is 2. The predicted molar refractivity (Wildman–Crippen MR) is 70.4 cm³/mol. The van der Waals surface area contributed by atoms with E-state index >= 15 is 0 Å². The molecule has 1 heterocycles. The van der Waals surface area contributed by atoms with E-state index in [9.17, 15) is 0 Å². The van der Waals surface area contributed by atoms with Gasteiger partial charge in [-0.15, -0.1) is 0 Å². The Hall–Kier alpha value is -0.160. The average Bonchev–Trinajstić information content (AvgIpc) is 2.35. The lowest BCUT2D eigenvalue weighted by molar-refractivity contribution is -0.00497. The zero-order valence-corrected chi connectivity index (χ0v) is 11.6. The van der Waals surface area contributed by atoms with Gasteiger partial charge in [0.05, 0.1) is 12.7 Å². The average molecular weight is 244 g/mol. The molecule has 2 unspecified atom stereocenters. The molecule has 4 heteroatoms. The number of hydrogen-bond donors (Lipinski definition) is 1. The summed E-state index contributed by atoms with van der Waals surface area (Å²) in [6, 6.07) is 0.579. The van der Waals surface area contributed by atoms with Crippen molar-refractivity contribution in [2.45, 2.75) is 38.8 Å². The molecule has 17 heavy (non-hydrogen) atoms. The fraction of sp³-hybridized carbons (Fsp3) is 1.00. The summed E-state index contributed by atoms with van der Waals surface area (Å²) in [7, 11) is 1.74. The van der Waals surface area contributed by atoms with E-state index in [-0.39, 0.29) is 0 Å². The summed E-state index contributed by atoms with van der Waals surface area (Å²) in [5, 5.41) is 3.42. The summed E-state index contributed by atoms with van der Waals surface area (Å²) in [5.74, 6) is 0. The van der Waals surface area contributed by atoms with Crippen molar-refractivity contribution < 1.29 is 9.47 Å². The van der Waals surface area contributed by atoms with Crippen LogP contribution in [0, 0.1) is 0 Å². The summed E-state index contributed by atoms with van der Waals surface area (Å²) in [6.07, 6.45) is 2.91. The van der Waals surface area contributed by atoms with Crippen LogP contribution in [-0.2, 0) is 9.47 Å². The minimum absolute atomic E-state index is 0.440. The lowest BCUT2D eigenvalue weighted by Gasteiger charge is -2.36. The predicted octanol–water partition coefficient (Wildman–Crippen LogP) is 1.11. The zero-order chi connectivity index (χ0) is 12.5. The standard InChI is InChI=1S/C13H28N2O2/c1-4-17-13-6-5-8-15(11-13)12(2)10-14-7-9-16-3/h12-14H,4-11H2,1-3H3. The number of methoxy groups -OCH3 is 1. The molecule has 1 fully saturated rings. The molecular weight excluding hydrogens is 216 g/mol. The van der Waals surface area contributed by atoms with Crippen LogP contribution in [0.4, 0.5) is 0 Å². The first-order valence-electron chi connectivity index (χ1n) is 6.83. The molecule has 0 aromatic carbocycles. The molecule has 0 amide bonds. The quantitative estimate of drug-likeness (QED) is 0.649. The van der Waals surface area contributed by atoms with Crippen LogP contribution in [-0.4, -0.2) is 63.5 Å². The highest BCUT2D eigenvalue weighted by atomic mass is 16.5. The highest BCUT2D eigenvalue weighted by molar-refractivity contribution is 4.78. The first kappa shape index (κ1) is 14.9. The van der Waals surface area contributed by atoms with Crippen molar-refractivity contribution in [2.24, 2.45) is 0 Å². The lowest BCUT2D eigenvalue weighted by Crippen LogP contribution is -2.48. The molecular formula is C13H28N2O2. The van der Waals surface area contributed by atoms with E-state index in [0.29, 0.717) is 12.1 Å². The lowest BCUT2D eigenvalue weighted by atomic mass is 10.1. The fourth-order valence-corrected chi connectivity index (χ4v) is 2.35. The summed E-state index contributed by atoms with van der Waals surface area (Å²) in [4.78, 5) is 2.53. The second kappa shape index (κ2) is 8.86. The van der Waals surface area contributed by atoms with E-state index in [0.717, 1.165) is 32.8 Å². The van der Waals surface area contributed by atoms with Gasteiger partial charge in [-0.25, -0.2) is 0 Å². The minimum atomic E-state index is 0.440. The Bertz CT molecular complexity index is 188. The van der Waals surface area contributed by atoms with Crippen LogP contribution in [0.3, 0.4) is 0 Å². The van der Waals surface area contributed by atoms with Crippen molar-refractivity contribution in [1.82, 2.24) is 10.2 Å². The smallest absolute Gasteiger partial charge is 0.0702 e. The van der Waals surface area contributed by atoms with E-state index < -0.39 is 0 Å². The van der Waals surface area contributed by atoms with Crippen LogP contribution in [0.25, 0.3) is 0 Å². The van der Waals surface area contributed by atoms with Crippen LogP contribution in [0.15, 0.2) is 0 Å². The Labute approximate surface area is 106 Å². The number of nitrogens with one attached hydrogen (secondary N) is 1. The Morgan fingerprint density at radius 2 is 2.29 bits per heavy atom. The molecule has 0 aromatic heterocycles. The topological polar surface area (TPSA) is 33.7 Å². The Morgan fingerprint density at radius 3 is 3.00 bits per heavy atom. The number of nitrogens with zero attached hydrogens (tertiary/aromatic N) is 1. The summed E-state index contributed by atoms with van der Waals surface area (Å²) >= 11 is 0. The van der Waals surface area contributed by atoms with Crippen molar-refractivity contribution >= 4 is 0 Å². The highest BCUT2D eigenvalue weighted by Crippen LogP contribution is 2.15. The van der Waals surface area contributed by atoms with Crippen molar-refractivity contribution in [2.75, 3.05) is 46.5 Å². The molecule has 102 valence electrons. The second-order valence-electron chi connectivity index (χ2n) is 4.76. The molecule has 1 aliphatic rings. The molecule has 1 rings (SSSR count). The summed E-state index contributed by atoms with van der Waals surface area (Å²) in [5.41, 5.74) is 0. The molecule has 0 bridgehead atoms. The summed E-state index contributed by atoms with van der Waals surface area (Å²) in [6.45, 7) is 10.2. The summed E-state index contributed by atoms with van der Waals surface area (Å²) < 4.78 is 10.7. The van der Waals surface area contributed by atoms with Crippen LogP contribution in [0.1, 0.15) is 26.7 Å². The van der Waals surface area contributed by atoms with Gasteiger partial charge in [0.1, 0.15) is 0 Å². The Kier molecular flexibility index (Phi) is 7.77. The van der Waals surface area contributed by atoms with Gasteiger partial charge in [-0.05, 0) is 33.2 Å². The first-order valence-corrected chi connectivity index (χ1v) is 6.83. The van der Waals surface area contributed by atoms with Crippen LogP contribution >= 0.6 is 0 Å². The van der Waals surface area contributed by atoms with Gasteiger partial charge in [0, 0.05) is 39.4 Å². The molecule has 0 saturated carbocycles. The highest BCUT2D eigenvalue weighted by Gasteiger charge is 2.23. The van der Waals surface area contributed by atoms with E-state index in [1.54, 1.807) is 7.11 Å². The zero-order valence-electron chi connectivity index (χ0n) is 11.6. The van der Waals surface area contributed by atoms with Gasteiger partial charge >= 0.3 is 0 Å². The van der Waals surface area contributed by atoms with Crippen LogP contribution in [0.5, 0.6) is 0 Å². The monoisotopic (exact) mass is 244 g/mol. The van der Waals surface area contributed by atoms with Crippen molar-refractivity contribution in [1.29, 1.82) is 0 Å². The van der Waals surface area contributed by atoms with Gasteiger partial charge in [0.25, 0.3) is 0 Å². The number of rotatable bonds is 8. The number of hydrogen-bond acceptors (Lipinski definition) is 4. The van der Waals surface area contributed by atoms with E-state index in [2.05, 4.69) is 24.1 Å². The fourth-order valence-electron chi connectivity index (χ4n) is 2.35. The largest absolute Gasteiger partial charge is 0.383 e. The van der Waals surface area contributed by atoms with Crippen LogP contribution in [0.2, 0.25) is 0 Å². The Balaban J connectivity index is 2.18. The maximum absolute atomic E-state index is 5.72. The van der Waals surface area contributed by atoms with E-state index in [4.69, 9.17) is 9.47 Å². The van der Waals surface area contributed by atoms with Gasteiger partial charge in [0.2, 0.25) is 0 Å². The third-order valence-corrected chi connectivity index (χ3v) is 3.36. The van der Waals surface area contributed by atoms with Gasteiger partial charge in [-0.3, -0.25) is 4.90 Å². The molecule has 1 saturated heterocycles. The van der Waals surface area contributed by atoms with Gasteiger partial charge in [-0.1, -0.05) is 0 Å².